The highest BCUT2D eigenvalue weighted by molar-refractivity contribution is 7.16. The van der Waals surface area contributed by atoms with Crippen LogP contribution in [0.1, 0.15) is 40.6 Å². The normalized spacial score (nSPS) is 10.1. The predicted molar refractivity (Wildman–Crippen MR) is 100 cm³/mol. The lowest BCUT2D eigenvalue weighted by molar-refractivity contribution is -0.116. The second kappa shape index (κ2) is 9.21. The number of carbonyl (C=O) groups excluding carboxylic acids is 2. The third kappa shape index (κ3) is 5.59. The molecule has 7 heteroatoms. The van der Waals surface area contributed by atoms with Crippen molar-refractivity contribution in [3.05, 3.63) is 51.4 Å². The topological polar surface area (TPSA) is 82.0 Å². The summed E-state index contributed by atoms with van der Waals surface area (Å²) in [6.45, 7) is 2.40. The molecule has 2 amide bonds. The van der Waals surface area contributed by atoms with Gasteiger partial charge in [0.05, 0.1) is 5.56 Å². The Bertz CT molecular complexity index is 794. The maximum absolute atomic E-state index is 12.0. The Morgan fingerprint density at radius 2 is 2.00 bits per heavy atom. The lowest BCUT2D eigenvalue weighted by Crippen LogP contribution is -2.25. The number of hydrogen-bond donors (Lipinski definition) is 2. The molecule has 0 aliphatic heterocycles. The highest BCUT2D eigenvalue weighted by Gasteiger charge is 2.11. The molecular weight excluding hydrogens is 358 g/mol. The minimum atomic E-state index is -0.199. The molecule has 2 aromatic rings. The van der Waals surface area contributed by atoms with Gasteiger partial charge < -0.3 is 10.6 Å². The van der Waals surface area contributed by atoms with Crippen LogP contribution < -0.4 is 10.6 Å². The monoisotopic (exact) mass is 375 g/mol. The maximum atomic E-state index is 12.0. The molecule has 5 nitrogen and oxygen atoms in total. The van der Waals surface area contributed by atoms with Gasteiger partial charge in [0.15, 0.2) is 0 Å². The van der Waals surface area contributed by atoms with Crippen LogP contribution in [0.15, 0.2) is 30.3 Å². The molecule has 0 fully saturated rings. The molecule has 0 unspecified atom stereocenters. The van der Waals surface area contributed by atoms with Gasteiger partial charge in [0.1, 0.15) is 11.1 Å². The summed E-state index contributed by atoms with van der Waals surface area (Å²) in [6.07, 6.45) is 1.61. The number of thiophene rings is 1. The zero-order valence-electron chi connectivity index (χ0n) is 13.8. The molecule has 0 aliphatic rings. The van der Waals surface area contributed by atoms with Crippen molar-refractivity contribution in [2.45, 2.75) is 26.2 Å². The van der Waals surface area contributed by atoms with E-state index >= 15 is 0 Å². The Morgan fingerprint density at radius 1 is 1.28 bits per heavy atom. The number of hydrogen-bond acceptors (Lipinski definition) is 4. The highest BCUT2D eigenvalue weighted by atomic mass is 35.5. The van der Waals surface area contributed by atoms with E-state index in [4.69, 9.17) is 16.9 Å². The summed E-state index contributed by atoms with van der Waals surface area (Å²) < 4.78 is 0. The van der Waals surface area contributed by atoms with E-state index < -0.39 is 0 Å². The number of benzene rings is 1. The van der Waals surface area contributed by atoms with Crippen LogP contribution in [-0.4, -0.2) is 18.4 Å². The molecule has 0 atom stereocenters. The summed E-state index contributed by atoms with van der Waals surface area (Å²) >= 11 is 7.20. The number of nitrogens with zero attached hydrogens (tertiary/aromatic N) is 1. The van der Waals surface area contributed by atoms with Gasteiger partial charge in [-0.05, 0) is 43.2 Å². The van der Waals surface area contributed by atoms with Gasteiger partial charge in [0, 0.05) is 28.4 Å². The Balaban J connectivity index is 1.75. The van der Waals surface area contributed by atoms with E-state index in [1.54, 1.807) is 30.3 Å². The van der Waals surface area contributed by atoms with Crippen LogP contribution in [0.5, 0.6) is 0 Å². The summed E-state index contributed by atoms with van der Waals surface area (Å²) in [5, 5.41) is 15.8. The fourth-order valence-corrected chi connectivity index (χ4v) is 3.22. The fraction of sp³-hybridized carbons (Fsp3) is 0.278. The van der Waals surface area contributed by atoms with Crippen LogP contribution in [-0.2, 0) is 11.2 Å². The van der Waals surface area contributed by atoms with Gasteiger partial charge in [-0.1, -0.05) is 18.5 Å². The van der Waals surface area contributed by atoms with Crippen molar-refractivity contribution in [1.29, 1.82) is 5.26 Å². The number of anilines is 1. The van der Waals surface area contributed by atoms with Crippen LogP contribution in [0, 0.1) is 11.3 Å². The first-order valence-electron chi connectivity index (χ1n) is 7.90. The summed E-state index contributed by atoms with van der Waals surface area (Å²) in [5.74, 6) is -0.364. The molecule has 0 bridgehead atoms. The minimum absolute atomic E-state index is 0.165. The first kappa shape index (κ1) is 19.0. The Hall–Kier alpha value is -2.36. The number of halogens is 1. The molecule has 1 heterocycles. The van der Waals surface area contributed by atoms with Gasteiger partial charge in [0.25, 0.3) is 5.91 Å². The van der Waals surface area contributed by atoms with Gasteiger partial charge in [-0.25, -0.2) is 0 Å². The smallest absolute Gasteiger partial charge is 0.251 e. The Labute approximate surface area is 155 Å². The van der Waals surface area contributed by atoms with Gasteiger partial charge in [-0.2, -0.15) is 5.26 Å². The van der Waals surface area contributed by atoms with Crippen LogP contribution in [0.3, 0.4) is 0 Å². The van der Waals surface area contributed by atoms with E-state index in [9.17, 15) is 9.59 Å². The molecule has 0 radical (unpaired) electrons. The zero-order valence-corrected chi connectivity index (χ0v) is 15.3. The Kier molecular flexibility index (Phi) is 6.99. The fourth-order valence-electron chi connectivity index (χ4n) is 2.14. The summed E-state index contributed by atoms with van der Waals surface area (Å²) in [4.78, 5) is 25.0. The first-order chi connectivity index (χ1) is 12.0. The molecule has 0 saturated carbocycles. The third-order valence-corrected chi connectivity index (χ3v) is 4.92. The van der Waals surface area contributed by atoms with Crippen LogP contribution in [0.2, 0.25) is 5.02 Å². The molecule has 2 rings (SSSR count). The standard InChI is InChI=1S/C18H18ClN3O2S/c1-2-15-10-13(11-20)18(25-15)22-16(23)4-3-9-21-17(24)12-5-7-14(19)8-6-12/h5-8,10H,2-4,9H2,1H3,(H,21,24)(H,22,23). The molecule has 1 aromatic carbocycles. The largest absolute Gasteiger partial charge is 0.352 e. The lowest BCUT2D eigenvalue weighted by atomic mass is 10.2. The van der Waals surface area contributed by atoms with Gasteiger partial charge in [0.2, 0.25) is 5.91 Å². The van der Waals surface area contributed by atoms with E-state index in [2.05, 4.69) is 16.7 Å². The molecule has 0 aliphatic carbocycles. The van der Waals surface area contributed by atoms with Gasteiger partial charge in [-0.3, -0.25) is 9.59 Å². The van der Waals surface area contributed by atoms with Gasteiger partial charge >= 0.3 is 0 Å². The molecule has 0 spiro atoms. The number of amides is 2. The maximum Gasteiger partial charge on any atom is 0.251 e. The molecule has 2 N–H and O–H groups in total. The molecular formula is C18H18ClN3O2S. The van der Waals surface area contributed by atoms with Crippen molar-refractivity contribution in [3.63, 3.8) is 0 Å². The lowest BCUT2D eigenvalue weighted by Gasteiger charge is -2.06. The van der Waals surface area contributed by atoms with Crippen molar-refractivity contribution in [3.8, 4) is 6.07 Å². The number of nitrogens with one attached hydrogen (secondary N) is 2. The number of nitriles is 1. The SMILES string of the molecule is CCc1cc(C#N)c(NC(=O)CCCNC(=O)c2ccc(Cl)cc2)s1. The van der Waals surface area contributed by atoms with Crippen LogP contribution in [0.25, 0.3) is 0 Å². The van der Waals surface area contributed by atoms with E-state index in [-0.39, 0.29) is 18.2 Å². The van der Waals surface area contributed by atoms with E-state index in [0.29, 0.717) is 34.1 Å². The van der Waals surface area contributed by atoms with E-state index in [1.165, 1.54) is 11.3 Å². The molecule has 0 saturated heterocycles. The second-order valence-electron chi connectivity index (χ2n) is 5.34. The average Bonchev–Trinajstić information content (AvgIpc) is 3.01. The Morgan fingerprint density at radius 3 is 2.64 bits per heavy atom. The summed E-state index contributed by atoms with van der Waals surface area (Å²) in [6, 6.07) is 10.5. The molecule has 130 valence electrons. The van der Waals surface area contributed by atoms with E-state index in [0.717, 1.165) is 11.3 Å². The predicted octanol–water partition coefficient (Wildman–Crippen LogP) is 3.98. The first-order valence-corrected chi connectivity index (χ1v) is 9.09. The van der Waals surface area contributed by atoms with Crippen molar-refractivity contribution in [1.82, 2.24) is 5.32 Å². The third-order valence-electron chi connectivity index (χ3n) is 3.48. The molecule has 1 aromatic heterocycles. The van der Waals surface area contributed by atoms with Crippen LogP contribution in [0.4, 0.5) is 5.00 Å². The van der Waals surface area contributed by atoms with Gasteiger partial charge in [-0.15, -0.1) is 11.3 Å². The number of rotatable bonds is 7. The highest BCUT2D eigenvalue weighted by Crippen LogP contribution is 2.28. The number of carbonyl (C=O) groups is 2. The average molecular weight is 376 g/mol. The minimum Gasteiger partial charge on any atom is -0.352 e. The number of aryl methyl sites for hydroxylation is 1. The summed E-state index contributed by atoms with van der Waals surface area (Å²) in [7, 11) is 0. The van der Waals surface area contributed by atoms with Crippen LogP contribution >= 0.6 is 22.9 Å². The van der Waals surface area contributed by atoms with Crippen molar-refractivity contribution < 1.29 is 9.59 Å². The quantitative estimate of drug-likeness (QED) is 0.718. The van der Waals surface area contributed by atoms with Crippen molar-refractivity contribution in [2.24, 2.45) is 0 Å². The van der Waals surface area contributed by atoms with Crippen molar-refractivity contribution in [2.75, 3.05) is 11.9 Å². The van der Waals surface area contributed by atoms with Crippen molar-refractivity contribution >= 4 is 39.8 Å². The zero-order chi connectivity index (χ0) is 18.2. The van der Waals surface area contributed by atoms with E-state index in [1.807, 2.05) is 6.92 Å². The molecule has 25 heavy (non-hydrogen) atoms. The second-order valence-corrected chi connectivity index (χ2v) is 6.91. The summed E-state index contributed by atoms with van der Waals surface area (Å²) in [5.41, 5.74) is 1.02.